The van der Waals surface area contributed by atoms with Gasteiger partial charge >= 0.3 is 0 Å². The number of rotatable bonds is 6. The van der Waals surface area contributed by atoms with E-state index in [4.69, 9.17) is 34.8 Å². The molecule has 0 aliphatic rings. The first-order chi connectivity index (χ1) is 8.36. The Labute approximate surface area is 122 Å². The van der Waals surface area contributed by atoms with Gasteiger partial charge in [-0.3, -0.25) is 0 Å². The molecule has 102 valence electrons. The van der Waals surface area contributed by atoms with E-state index < -0.39 is 10.0 Å². The molecule has 0 aromatic heterocycles. The van der Waals surface area contributed by atoms with Gasteiger partial charge in [0.1, 0.15) is 4.90 Å². The summed E-state index contributed by atoms with van der Waals surface area (Å²) in [5.74, 6) is 0.663. The van der Waals surface area contributed by atoms with Crippen LogP contribution in [0, 0.1) is 5.92 Å². The SMILES string of the molecule is CC(CCCl)CNS(=O)(=O)c1cc(Cl)ccc1Cl. The van der Waals surface area contributed by atoms with Crippen LogP contribution in [-0.2, 0) is 10.0 Å². The molecule has 0 bridgehead atoms. The Hall–Kier alpha value is -0.000000000000000111. The van der Waals surface area contributed by atoms with E-state index in [0.29, 0.717) is 17.4 Å². The minimum atomic E-state index is -3.64. The fourth-order valence-corrected chi connectivity index (χ4v) is 3.60. The highest BCUT2D eigenvalue weighted by atomic mass is 35.5. The van der Waals surface area contributed by atoms with Gasteiger partial charge in [-0.25, -0.2) is 13.1 Å². The smallest absolute Gasteiger partial charge is 0.211 e. The van der Waals surface area contributed by atoms with Crippen molar-refractivity contribution in [1.29, 1.82) is 0 Å². The van der Waals surface area contributed by atoms with Crippen LogP contribution in [0.15, 0.2) is 23.1 Å². The molecule has 1 atom stereocenters. The molecular formula is C11H14Cl3NO2S. The molecular weight excluding hydrogens is 317 g/mol. The number of halogens is 3. The Morgan fingerprint density at radius 2 is 2.00 bits per heavy atom. The number of hydrogen-bond acceptors (Lipinski definition) is 2. The molecule has 1 N–H and O–H groups in total. The van der Waals surface area contributed by atoms with E-state index >= 15 is 0 Å². The first-order valence-corrected chi connectivity index (χ1v) is 8.15. The maximum absolute atomic E-state index is 12.0. The van der Waals surface area contributed by atoms with Gasteiger partial charge in [-0.05, 0) is 30.5 Å². The zero-order valence-electron chi connectivity index (χ0n) is 9.79. The molecule has 0 radical (unpaired) electrons. The number of benzene rings is 1. The Balaban J connectivity index is 2.83. The van der Waals surface area contributed by atoms with Crippen LogP contribution in [0.25, 0.3) is 0 Å². The third kappa shape index (κ3) is 4.59. The standard InChI is InChI=1S/C11H14Cl3NO2S/c1-8(4-5-12)7-15-18(16,17)11-6-9(13)2-3-10(11)14/h2-3,6,8,15H,4-5,7H2,1H3. The van der Waals surface area contributed by atoms with Gasteiger partial charge in [-0.2, -0.15) is 0 Å². The summed E-state index contributed by atoms with van der Waals surface area (Å²) >= 11 is 17.2. The van der Waals surface area contributed by atoms with Gasteiger partial charge in [0.15, 0.2) is 0 Å². The third-order valence-electron chi connectivity index (χ3n) is 2.41. The lowest BCUT2D eigenvalue weighted by atomic mass is 10.1. The molecule has 0 saturated carbocycles. The van der Waals surface area contributed by atoms with Crippen molar-refractivity contribution in [3.8, 4) is 0 Å². The Kier molecular flexibility index (Phi) is 6.21. The average Bonchev–Trinajstić information content (AvgIpc) is 2.30. The highest BCUT2D eigenvalue weighted by molar-refractivity contribution is 7.89. The summed E-state index contributed by atoms with van der Waals surface area (Å²) in [6, 6.07) is 4.33. The van der Waals surface area contributed by atoms with Gasteiger partial charge in [-0.15, -0.1) is 11.6 Å². The summed E-state index contributed by atoms with van der Waals surface area (Å²) in [4.78, 5) is -0.00487. The van der Waals surface area contributed by atoms with Crippen molar-refractivity contribution in [2.75, 3.05) is 12.4 Å². The van der Waals surface area contributed by atoms with Crippen molar-refractivity contribution >= 4 is 44.8 Å². The van der Waals surface area contributed by atoms with Crippen molar-refractivity contribution in [3.05, 3.63) is 28.2 Å². The van der Waals surface area contributed by atoms with E-state index in [1.165, 1.54) is 12.1 Å². The Morgan fingerprint density at radius 3 is 2.61 bits per heavy atom. The number of alkyl halides is 1. The van der Waals surface area contributed by atoms with Crippen LogP contribution < -0.4 is 4.72 Å². The van der Waals surface area contributed by atoms with Crippen LogP contribution in [0.1, 0.15) is 13.3 Å². The van der Waals surface area contributed by atoms with Crippen molar-refractivity contribution < 1.29 is 8.42 Å². The van der Waals surface area contributed by atoms with E-state index in [2.05, 4.69) is 4.72 Å². The molecule has 0 saturated heterocycles. The molecule has 18 heavy (non-hydrogen) atoms. The van der Waals surface area contributed by atoms with Gasteiger partial charge in [0.05, 0.1) is 5.02 Å². The normalized spacial score (nSPS) is 13.6. The van der Waals surface area contributed by atoms with Gasteiger partial charge in [0, 0.05) is 17.4 Å². The second-order valence-electron chi connectivity index (χ2n) is 4.01. The fraction of sp³-hybridized carbons (Fsp3) is 0.455. The Bertz CT molecular complexity index is 505. The third-order valence-corrected chi connectivity index (χ3v) is 4.76. The average molecular weight is 331 g/mol. The minimum absolute atomic E-state index is 0.00487. The van der Waals surface area contributed by atoms with E-state index in [1.807, 2.05) is 6.92 Å². The van der Waals surface area contributed by atoms with Crippen molar-refractivity contribution in [1.82, 2.24) is 4.72 Å². The highest BCUT2D eigenvalue weighted by Crippen LogP contribution is 2.24. The molecule has 7 heteroatoms. The van der Waals surface area contributed by atoms with E-state index in [1.54, 1.807) is 6.07 Å². The largest absolute Gasteiger partial charge is 0.242 e. The summed E-state index contributed by atoms with van der Waals surface area (Å²) in [7, 11) is -3.64. The predicted octanol–water partition coefficient (Wildman–Crippen LogP) is 3.54. The van der Waals surface area contributed by atoms with E-state index in [9.17, 15) is 8.42 Å². The summed E-state index contributed by atoms with van der Waals surface area (Å²) < 4.78 is 26.6. The van der Waals surface area contributed by atoms with Crippen LogP contribution in [-0.4, -0.2) is 20.8 Å². The molecule has 1 rings (SSSR count). The highest BCUT2D eigenvalue weighted by Gasteiger charge is 2.18. The molecule has 1 aromatic carbocycles. The monoisotopic (exact) mass is 329 g/mol. The molecule has 3 nitrogen and oxygen atoms in total. The van der Waals surface area contributed by atoms with Gasteiger partial charge < -0.3 is 0 Å². The van der Waals surface area contributed by atoms with Crippen LogP contribution >= 0.6 is 34.8 Å². The number of nitrogens with one attached hydrogen (secondary N) is 1. The first-order valence-electron chi connectivity index (χ1n) is 5.37. The maximum Gasteiger partial charge on any atom is 0.242 e. The first kappa shape index (κ1) is 16.1. The van der Waals surface area contributed by atoms with Crippen LogP contribution in [0.5, 0.6) is 0 Å². The second kappa shape index (κ2) is 6.96. The van der Waals surface area contributed by atoms with Crippen molar-refractivity contribution in [2.45, 2.75) is 18.2 Å². The molecule has 0 heterocycles. The molecule has 0 fully saturated rings. The van der Waals surface area contributed by atoms with Crippen molar-refractivity contribution in [2.24, 2.45) is 5.92 Å². The molecule has 0 amide bonds. The molecule has 0 aliphatic carbocycles. The van der Waals surface area contributed by atoms with E-state index in [0.717, 1.165) is 6.42 Å². The summed E-state index contributed by atoms with van der Waals surface area (Å²) in [6.07, 6.45) is 0.743. The van der Waals surface area contributed by atoms with Gasteiger partial charge in [-0.1, -0.05) is 30.1 Å². The molecule has 1 unspecified atom stereocenters. The summed E-state index contributed by atoms with van der Waals surface area (Å²) in [5.41, 5.74) is 0. The molecule has 0 spiro atoms. The fourth-order valence-electron chi connectivity index (χ4n) is 1.30. The maximum atomic E-state index is 12.0. The number of hydrogen-bond donors (Lipinski definition) is 1. The van der Waals surface area contributed by atoms with Crippen LogP contribution in [0.2, 0.25) is 10.0 Å². The van der Waals surface area contributed by atoms with Gasteiger partial charge in [0.25, 0.3) is 0 Å². The predicted molar refractivity (Wildman–Crippen MR) is 76.2 cm³/mol. The zero-order chi connectivity index (χ0) is 13.8. The zero-order valence-corrected chi connectivity index (χ0v) is 12.9. The van der Waals surface area contributed by atoms with Crippen LogP contribution in [0.4, 0.5) is 0 Å². The lowest BCUT2D eigenvalue weighted by molar-refractivity contribution is 0.530. The lowest BCUT2D eigenvalue weighted by Crippen LogP contribution is -2.28. The van der Waals surface area contributed by atoms with Crippen molar-refractivity contribution in [3.63, 3.8) is 0 Å². The summed E-state index contributed by atoms with van der Waals surface area (Å²) in [5, 5.41) is 0.477. The van der Waals surface area contributed by atoms with E-state index in [-0.39, 0.29) is 15.8 Å². The quantitative estimate of drug-likeness (QED) is 0.811. The summed E-state index contributed by atoms with van der Waals surface area (Å²) in [6.45, 7) is 2.24. The van der Waals surface area contributed by atoms with Crippen LogP contribution in [0.3, 0.4) is 0 Å². The topological polar surface area (TPSA) is 46.2 Å². The Morgan fingerprint density at radius 1 is 1.33 bits per heavy atom. The number of sulfonamides is 1. The lowest BCUT2D eigenvalue weighted by Gasteiger charge is -2.12. The molecule has 0 aliphatic heterocycles. The second-order valence-corrected chi connectivity index (χ2v) is 6.97. The van der Waals surface area contributed by atoms with Gasteiger partial charge in [0.2, 0.25) is 10.0 Å². The molecule has 1 aromatic rings. The minimum Gasteiger partial charge on any atom is -0.211 e.